The average Bonchev–Trinajstić information content (AvgIpc) is 2.38. The first-order chi connectivity index (χ1) is 8.75. The Hall–Kier alpha value is -0.550. The molecule has 1 saturated heterocycles. The molecular formula is C12H17Cl2N3O. The largest absolute Gasteiger partial charge is 0.381 e. The van der Waals surface area contributed by atoms with Gasteiger partial charge in [0.15, 0.2) is 0 Å². The minimum atomic E-state index is 0.547. The first-order valence-corrected chi connectivity index (χ1v) is 6.87. The lowest BCUT2D eigenvalue weighted by Gasteiger charge is -2.23. The first kappa shape index (κ1) is 13.9. The van der Waals surface area contributed by atoms with Crippen LogP contribution in [0.25, 0.3) is 0 Å². The van der Waals surface area contributed by atoms with Crippen molar-refractivity contribution in [2.24, 2.45) is 0 Å². The molecule has 0 radical (unpaired) electrons. The summed E-state index contributed by atoms with van der Waals surface area (Å²) in [5, 5.41) is 7.76. The van der Waals surface area contributed by atoms with E-state index in [2.05, 4.69) is 15.6 Å². The summed E-state index contributed by atoms with van der Waals surface area (Å²) in [6.07, 6.45) is 3.75. The molecule has 0 spiro atoms. The smallest absolute Gasteiger partial charge is 0.144 e. The summed E-state index contributed by atoms with van der Waals surface area (Å²) in [5.74, 6) is 0.676. The highest BCUT2D eigenvalue weighted by Crippen LogP contribution is 2.22. The van der Waals surface area contributed by atoms with Gasteiger partial charge >= 0.3 is 0 Å². The lowest BCUT2D eigenvalue weighted by Crippen LogP contribution is -2.37. The van der Waals surface area contributed by atoms with E-state index in [1.807, 2.05) is 0 Å². The number of pyridine rings is 1. The Morgan fingerprint density at radius 1 is 1.28 bits per heavy atom. The molecular weight excluding hydrogens is 273 g/mol. The van der Waals surface area contributed by atoms with Gasteiger partial charge in [-0.1, -0.05) is 23.2 Å². The number of ether oxygens (including phenoxy) is 1. The van der Waals surface area contributed by atoms with Crippen LogP contribution < -0.4 is 10.6 Å². The van der Waals surface area contributed by atoms with Crippen molar-refractivity contribution in [2.45, 2.75) is 18.9 Å². The van der Waals surface area contributed by atoms with Gasteiger partial charge in [-0.15, -0.1) is 0 Å². The average molecular weight is 290 g/mol. The van der Waals surface area contributed by atoms with E-state index >= 15 is 0 Å². The summed E-state index contributed by atoms with van der Waals surface area (Å²) in [4.78, 5) is 4.14. The number of anilines is 1. The summed E-state index contributed by atoms with van der Waals surface area (Å²) in [5.41, 5.74) is 0. The lowest BCUT2D eigenvalue weighted by molar-refractivity contribution is 0.0784. The van der Waals surface area contributed by atoms with Crippen molar-refractivity contribution in [3.05, 3.63) is 22.3 Å². The van der Waals surface area contributed by atoms with Gasteiger partial charge in [0, 0.05) is 38.5 Å². The van der Waals surface area contributed by atoms with Crippen molar-refractivity contribution in [2.75, 3.05) is 31.6 Å². The van der Waals surface area contributed by atoms with Crippen LogP contribution in [-0.2, 0) is 4.74 Å². The van der Waals surface area contributed by atoms with Crippen LogP contribution >= 0.6 is 23.2 Å². The highest BCUT2D eigenvalue weighted by molar-refractivity contribution is 6.35. The molecule has 1 aliphatic rings. The van der Waals surface area contributed by atoms with Gasteiger partial charge in [-0.3, -0.25) is 0 Å². The monoisotopic (exact) mass is 289 g/mol. The van der Waals surface area contributed by atoms with E-state index in [1.165, 1.54) is 0 Å². The molecule has 100 valence electrons. The highest BCUT2D eigenvalue weighted by atomic mass is 35.5. The summed E-state index contributed by atoms with van der Waals surface area (Å²) in [6.45, 7) is 3.38. The molecule has 1 aromatic heterocycles. The third-order valence-corrected chi connectivity index (χ3v) is 3.37. The Morgan fingerprint density at radius 2 is 2.06 bits per heavy atom. The van der Waals surface area contributed by atoms with Crippen LogP contribution in [0.3, 0.4) is 0 Å². The molecule has 1 aromatic rings. The summed E-state index contributed by atoms with van der Waals surface area (Å²) < 4.78 is 5.31. The number of hydrogen-bond donors (Lipinski definition) is 2. The number of aromatic nitrogens is 1. The minimum absolute atomic E-state index is 0.547. The van der Waals surface area contributed by atoms with Gasteiger partial charge in [0.05, 0.1) is 10.0 Å². The fraction of sp³-hybridized carbons (Fsp3) is 0.583. The number of nitrogens with zero attached hydrogens (tertiary/aromatic N) is 1. The predicted octanol–water partition coefficient (Wildman–Crippen LogP) is 2.57. The van der Waals surface area contributed by atoms with Crippen LogP contribution in [0.4, 0.5) is 5.82 Å². The Bertz CT molecular complexity index is 384. The van der Waals surface area contributed by atoms with Crippen molar-refractivity contribution in [1.82, 2.24) is 10.3 Å². The van der Waals surface area contributed by atoms with Crippen molar-refractivity contribution in [3.63, 3.8) is 0 Å². The molecule has 1 fully saturated rings. The molecule has 0 saturated carbocycles. The molecule has 2 rings (SSSR count). The van der Waals surface area contributed by atoms with E-state index in [9.17, 15) is 0 Å². The quantitative estimate of drug-likeness (QED) is 0.818. The molecule has 0 atom stereocenters. The number of rotatable bonds is 5. The SMILES string of the molecule is Clc1cnc(NCCNC2CCOCC2)c(Cl)c1. The zero-order chi connectivity index (χ0) is 12.8. The van der Waals surface area contributed by atoms with Gasteiger partial charge in [-0.05, 0) is 18.9 Å². The molecule has 2 heterocycles. The van der Waals surface area contributed by atoms with Crippen LogP contribution in [0.2, 0.25) is 10.0 Å². The van der Waals surface area contributed by atoms with Gasteiger partial charge in [0.25, 0.3) is 0 Å². The molecule has 0 aromatic carbocycles. The molecule has 18 heavy (non-hydrogen) atoms. The first-order valence-electron chi connectivity index (χ1n) is 6.12. The molecule has 0 bridgehead atoms. The lowest BCUT2D eigenvalue weighted by atomic mass is 10.1. The predicted molar refractivity (Wildman–Crippen MR) is 74.6 cm³/mol. The Balaban J connectivity index is 1.68. The Kier molecular flexibility index (Phi) is 5.50. The van der Waals surface area contributed by atoms with Crippen molar-refractivity contribution in [1.29, 1.82) is 0 Å². The maximum absolute atomic E-state index is 6.01. The third-order valence-electron chi connectivity index (χ3n) is 2.88. The van der Waals surface area contributed by atoms with Crippen molar-refractivity contribution in [3.8, 4) is 0 Å². The van der Waals surface area contributed by atoms with Gasteiger partial charge in [-0.25, -0.2) is 4.98 Å². The maximum Gasteiger partial charge on any atom is 0.144 e. The number of halogens is 2. The molecule has 0 amide bonds. The summed E-state index contributed by atoms with van der Waals surface area (Å²) in [6, 6.07) is 2.25. The Morgan fingerprint density at radius 3 is 2.78 bits per heavy atom. The summed E-state index contributed by atoms with van der Waals surface area (Å²) >= 11 is 11.8. The van der Waals surface area contributed by atoms with Crippen LogP contribution in [-0.4, -0.2) is 37.3 Å². The fourth-order valence-corrected chi connectivity index (χ4v) is 2.35. The highest BCUT2D eigenvalue weighted by Gasteiger charge is 2.12. The van der Waals surface area contributed by atoms with E-state index in [4.69, 9.17) is 27.9 Å². The molecule has 0 aliphatic carbocycles. The molecule has 4 nitrogen and oxygen atoms in total. The molecule has 2 N–H and O–H groups in total. The van der Waals surface area contributed by atoms with Crippen LogP contribution in [0.5, 0.6) is 0 Å². The fourth-order valence-electron chi connectivity index (χ4n) is 1.90. The topological polar surface area (TPSA) is 46.2 Å². The van der Waals surface area contributed by atoms with E-state index in [0.717, 1.165) is 39.1 Å². The van der Waals surface area contributed by atoms with Crippen LogP contribution in [0.1, 0.15) is 12.8 Å². The Labute approximate surface area is 117 Å². The normalized spacial score (nSPS) is 16.8. The standard InChI is InChI=1S/C12H17Cl2N3O/c13-9-7-11(14)12(17-8-9)16-4-3-15-10-1-5-18-6-2-10/h7-8,10,15H,1-6H2,(H,16,17). The van der Waals surface area contributed by atoms with Gasteiger partial charge in [0.1, 0.15) is 5.82 Å². The van der Waals surface area contributed by atoms with Crippen molar-refractivity contribution >= 4 is 29.0 Å². The van der Waals surface area contributed by atoms with E-state index in [0.29, 0.717) is 21.9 Å². The van der Waals surface area contributed by atoms with Gasteiger partial charge in [0.2, 0.25) is 0 Å². The third kappa shape index (κ3) is 4.28. The molecule has 1 aliphatic heterocycles. The maximum atomic E-state index is 6.01. The zero-order valence-electron chi connectivity index (χ0n) is 10.1. The second-order valence-electron chi connectivity index (χ2n) is 4.25. The van der Waals surface area contributed by atoms with Gasteiger partial charge < -0.3 is 15.4 Å². The zero-order valence-corrected chi connectivity index (χ0v) is 11.6. The second kappa shape index (κ2) is 7.14. The molecule has 0 unspecified atom stereocenters. The van der Waals surface area contributed by atoms with Crippen LogP contribution in [0.15, 0.2) is 12.3 Å². The van der Waals surface area contributed by atoms with E-state index in [-0.39, 0.29) is 0 Å². The minimum Gasteiger partial charge on any atom is -0.381 e. The summed E-state index contributed by atoms with van der Waals surface area (Å²) in [7, 11) is 0. The van der Waals surface area contributed by atoms with E-state index < -0.39 is 0 Å². The van der Waals surface area contributed by atoms with Crippen molar-refractivity contribution < 1.29 is 4.74 Å². The molecule has 6 heteroatoms. The van der Waals surface area contributed by atoms with Gasteiger partial charge in [-0.2, -0.15) is 0 Å². The van der Waals surface area contributed by atoms with E-state index in [1.54, 1.807) is 12.3 Å². The van der Waals surface area contributed by atoms with Crippen LogP contribution in [0, 0.1) is 0 Å². The second-order valence-corrected chi connectivity index (χ2v) is 5.10. The number of nitrogens with one attached hydrogen (secondary N) is 2. The number of hydrogen-bond acceptors (Lipinski definition) is 4.